The smallest absolute Gasteiger partial charge is 0.0719 e. The number of rotatable bonds is 3. The van der Waals surface area contributed by atoms with E-state index in [0.717, 1.165) is 11.4 Å². The Bertz CT molecular complexity index is 480. The summed E-state index contributed by atoms with van der Waals surface area (Å²) in [6.07, 6.45) is 0.845. The molecule has 0 nitrogen and oxygen atoms in total. The van der Waals surface area contributed by atoms with Crippen LogP contribution in [0.25, 0.3) is 0 Å². The van der Waals surface area contributed by atoms with Crippen LogP contribution in [0.5, 0.6) is 0 Å². The SMILES string of the molecule is Cc1cc(C(Cl)Cc2ccc(Cl)cc2)sc1C. The van der Waals surface area contributed by atoms with Gasteiger partial charge >= 0.3 is 0 Å². The molecule has 1 aromatic heterocycles. The lowest BCUT2D eigenvalue weighted by atomic mass is 10.1. The molecule has 0 aliphatic carbocycles. The summed E-state index contributed by atoms with van der Waals surface area (Å²) in [5.74, 6) is 0. The van der Waals surface area contributed by atoms with Gasteiger partial charge in [0.25, 0.3) is 0 Å². The lowest BCUT2D eigenvalue weighted by Gasteiger charge is -2.07. The quantitative estimate of drug-likeness (QED) is 0.649. The minimum atomic E-state index is 0.0496. The summed E-state index contributed by atoms with van der Waals surface area (Å²) in [5.41, 5.74) is 2.55. The zero-order valence-corrected chi connectivity index (χ0v) is 12.2. The monoisotopic (exact) mass is 284 g/mol. The molecule has 0 bridgehead atoms. The third kappa shape index (κ3) is 3.25. The van der Waals surface area contributed by atoms with Crippen molar-refractivity contribution in [3.8, 4) is 0 Å². The molecule has 0 spiro atoms. The van der Waals surface area contributed by atoms with Crippen LogP contribution >= 0.6 is 34.5 Å². The van der Waals surface area contributed by atoms with Crippen LogP contribution in [0.3, 0.4) is 0 Å². The first-order valence-electron chi connectivity index (χ1n) is 5.51. The van der Waals surface area contributed by atoms with Crippen molar-refractivity contribution in [1.29, 1.82) is 0 Å². The number of hydrogen-bond donors (Lipinski definition) is 0. The second-order valence-electron chi connectivity index (χ2n) is 4.19. The standard InChI is InChI=1S/C14H14Cl2S/c1-9-7-14(17-10(9)2)13(16)8-11-3-5-12(15)6-4-11/h3-7,13H,8H2,1-2H3. The number of aryl methyl sites for hydroxylation is 2. The van der Waals surface area contributed by atoms with Gasteiger partial charge in [-0.25, -0.2) is 0 Å². The molecule has 90 valence electrons. The largest absolute Gasteiger partial charge is 0.144 e. The van der Waals surface area contributed by atoms with E-state index in [0.29, 0.717) is 0 Å². The molecule has 2 rings (SSSR count). The lowest BCUT2D eigenvalue weighted by molar-refractivity contribution is 0.939. The molecular weight excluding hydrogens is 271 g/mol. The maximum absolute atomic E-state index is 6.44. The van der Waals surface area contributed by atoms with Crippen molar-refractivity contribution in [2.24, 2.45) is 0 Å². The summed E-state index contributed by atoms with van der Waals surface area (Å²) >= 11 is 14.1. The van der Waals surface area contributed by atoms with Crippen LogP contribution in [0.2, 0.25) is 5.02 Å². The Morgan fingerprint density at radius 1 is 1.18 bits per heavy atom. The zero-order valence-electron chi connectivity index (χ0n) is 9.84. The predicted octanol–water partition coefficient (Wildman–Crippen LogP) is 5.54. The highest BCUT2D eigenvalue weighted by Crippen LogP contribution is 2.32. The molecule has 1 atom stereocenters. The Morgan fingerprint density at radius 3 is 2.35 bits per heavy atom. The second kappa shape index (κ2) is 5.43. The van der Waals surface area contributed by atoms with Crippen LogP contribution in [0.15, 0.2) is 30.3 Å². The first-order valence-corrected chi connectivity index (χ1v) is 7.15. The fraction of sp³-hybridized carbons (Fsp3) is 0.286. The average Bonchev–Trinajstić information content (AvgIpc) is 2.63. The summed E-state index contributed by atoms with van der Waals surface area (Å²) in [6.45, 7) is 4.26. The van der Waals surface area contributed by atoms with E-state index >= 15 is 0 Å². The van der Waals surface area contributed by atoms with Gasteiger partial charge in [0.1, 0.15) is 0 Å². The summed E-state index contributed by atoms with van der Waals surface area (Å²) in [5, 5.41) is 0.816. The van der Waals surface area contributed by atoms with Crippen LogP contribution in [-0.4, -0.2) is 0 Å². The first kappa shape index (κ1) is 12.9. The molecule has 0 aliphatic rings. The molecule has 3 heteroatoms. The lowest BCUT2D eigenvalue weighted by Crippen LogP contribution is -1.93. The molecule has 2 aromatic rings. The highest BCUT2D eigenvalue weighted by Gasteiger charge is 2.12. The molecule has 0 aliphatic heterocycles. The minimum Gasteiger partial charge on any atom is -0.144 e. The highest BCUT2D eigenvalue weighted by molar-refractivity contribution is 7.12. The normalized spacial score (nSPS) is 12.7. The van der Waals surface area contributed by atoms with E-state index in [-0.39, 0.29) is 5.38 Å². The van der Waals surface area contributed by atoms with Gasteiger partial charge in [0, 0.05) is 14.8 Å². The average molecular weight is 285 g/mol. The number of benzene rings is 1. The van der Waals surface area contributed by atoms with Gasteiger partial charge in [0.05, 0.1) is 5.38 Å². The van der Waals surface area contributed by atoms with Crippen LogP contribution in [-0.2, 0) is 6.42 Å². The van der Waals surface area contributed by atoms with Gasteiger partial charge in [-0.3, -0.25) is 0 Å². The summed E-state index contributed by atoms with van der Waals surface area (Å²) in [6, 6.07) is 10.1. The van der Waals surface area contributed by atoms with Gasteiger partial charge in [-0.1, -0.05) is 23.7 Å². The van der Waals surface area contributed by atoms with E-state index < -0.39 is 0 Å². The van der Waals surface area contributed by atoms with Gasteiger partial charge in [0.2, 0.25) is 0 Å². The van der Waals surface area contributed by atoms with E-state index in [1.54, 1.807) is 11.3 Å². The summed E-state index contributed by atoms with van der Waals surface area (Å²) < 4.78 is 0. The van der Waals surface area contributed by atoms with Crippen LogP contribution < -0.4 is 0 Å². The maximum atomic E-state index is 6.44. The molecule has 1 unspecified atom stereocenters. The topological polar surface area (TPSA) is 0 Å². The molecule has 1 heterocycles. The number of hydrogen-bond acceptors (Lipinski definition) is 1. The molecule has 0 N–H and O–H groups in total. The van der Waals surface area contributed by atoms with E-state index in [4.69, 9.17) is 23.2 Å². The number of thiophene rings is 1. The molecule has 0 radical (unpaired) electrons. The molecular formula is C14H14Cl2S. The Morgan fingerprint density at radius 2 is 1.82 bits per heavy atom. The molecule has 0 fully saturated rings. The van der Waals surface area contributed by atoms with Gasteiger partial charge in [-0.05, 0) is 49.6 Å². The van der Waals surface area contributed by atoms with E-state index in [1.165, 1.54) is 20.9 Å². The Kier molecular flexibility index (Phi) is 4.13. The van der Waals surface area contributed by atoms with Gasteiger partial charge < -0.3 is 0 Å². The zero-order chi connectivity index (χ0) is 12.4. The number of halogens is 2. The van der Waals surface area contributed by atoms with Gasteiger partial charge in [-0.2, -0.15) is 0 Å². The molecule has 17 heavy (non-hydrogen) atoms. The summed E-state index contributed by atoms with van der Waals surface area (Å²) in [7, 11) is 0. The van der Waals surface area contributed by atoms with Crippen molar-refractivity contribution in [2.75, 3.05) is 0 Å². The van der Waals surface area contributed by atoms with Crippen molar-refractivity contribution in [2.45, 2.75) is 25.6 Å². The Balaban J connectivity index is 2.11. The minimum absolute atomic E-state index is 0.0496. The van der Waals surface area contributed by atoms with Crippen molar-refractivity contribution in [3.63, 3.8) is 0 Å². The van der Waals surface area contributed by atoms with Crippen molar-refractivity contribution < 1.29 is 0 Å². The molecule has 0 saturated heterocycles. The van der Waals surface area contributed by atoms with E-state index in [2.05, 4.69) is 19.9 Å². The predicted molar refractivity (Wildman–Crippen MR) is 77.5 cm³/mol. The van der Waals surface area contributed by atoms with E-state index in [1.807, 2.05) is 24.3 Å². The number of alkyl halides is 1. The van der Waals surface area contributed by atoms with E-state index in [9.17, 15) is 0 Å². The molecule has 0 saturated carbocycles. The Hall–Kier alpha value is -0.500. The summed E-state index contributed by atoms with van der Waals surface area (Å²) in [4.78, 5) is 2.60. The molecule has 0 amide bonds. The second-order valence-corrected chi connectivity index (χ2v) is 6.44. The molecule has 1 aromatic carbocycles. The fourth-order valence-corrected chi connectivity index (χ4v) is 3.21. The third-order valence-corrected chi connectivity index (χ3v) is 4.86. The highest BCUT2D eigenvalue weighted by atomic mass is 35.5. The van der Waals surface area contributed by atoms with Crippen LogP contribution in [0.4, 0.5) is 0 Å². The van der Waals surface area contributed by atoms with Gasteiger partial charge in [0.15, 0.2) is 0 Å². The maximum Gasteiger partial charge on any atom is 0.0719 e. The first-order chi connectivity index (χ1) is 8.06. The fourth-order valence-electron chi connectivity index (χ4n) is 1.68. The Labute approximate surface area is 116 Å². The third-order valence-electron chi connectivity index (χ3n) is 2.82. The van der Waals surface area contributed by atoms with Crippen molar-refractivity contribution in [1.82, 2.24) is 0 Å². The van der Waals surface area contributed by atoms with Gasteiger partial charge in [-0.15, -0.1) is 22.9 Å². The van der Waals surface area contributed by atoms with Crippen molar-refractivity contribution >= 4 is 34.5 Å². The van der Waals surface area contributed by atoms with Crippen molar-refractivity contribution in [3.05, 3.63) is 56.2 Å². The van der Waals surface area contributed by atoms with Crippen LogP contribution in [0.1, 0.15) is 26.3 Å². The van der Waals surface area contributed by atoms with Crippen LogP contribution in [0, 0.1) is 13.8 Å².